The lowest BCUT2D eigenvalue weighted by molar-refractivity contribution is -0.713. The molecule has 0 aliphatic carbocycles. The second-order valence-electron chi connectivity index (χ2n) is 7.79. The third-order valence-corrected chi connectivity index (χ3v) is 6.14. The van der Waals surface area contributed by atoms with E-state index in [9.17, 15) is 4.79 Å². The Bertz CT molecular complexity index is 1130. The summed E-state index contributed by atoms with van der Waals surface area (Å²) in [5.74, 6) is 1.32. The lowest BCUT2D eigenvalue weighted by Crippen LogP contribution is -2.84. The van der Waals surface area contributed by atoms with Crippen LogP contribution in [0.2, 0.25) is 0 Å². The summed E-state index contributed by atoms with van der Waals surface area (Å²) in [5, 5.41) is 2.95. The van der Waals surface area contributed by atoms with Gasteiger partial charge in [-0.2, -0.15) is 0 Å². The van der Waals surface area contributed by atoms with E-state index in [1.165, 1.54) is 5.56 Å². The van der Waals surface area contributed by atoms with Gasteiger partial charge in [0.2, 0.25) is 0 Å². The molecule has 0 aliphatic heterocycles. The molecular formula is C24H26N3OS+. The molecular weight excluding hydrogens is 378 g/mol. The van der Waals surface area contributed by atoms with Gasteiger partial charge < -0.3 is 10.3 Å². The fourth-order valence-corrected chi connectivity index (χ4v) is 4.70. The summed E-state index contributed by atoms with van der Waals surface area (Å²) in [5.41, 5.74) is 2.37. The average molecular weight is 405 g/mol. The van der Waals surface area contributed by atoms with Gasteiger partial charge in [0.15, 0.2) is 5.82 Å². The highest BCUT2D eigenvalue weighted by Gasteiger charge is 2.18. The number of aromatic nitrogens is 2. The van der Waals surface area contributed by atoms with Crippen LogP contribution in [-0.4, -0.2) is 9.97 Å². The van der Waals surface area contributed by atoms with Crippen LogP contribution in [-0.2, 0) is 6.54 Å². The molecule has 148 valence electrons. The Morgan fingerprint density at radius 1 is 1.03 bits per heavy atom. The predicted octanol–water partition coefficient (Wildman–Crippen LogP) is 4.50. The van der Waals surface area contributed by atoms with Crippen molar-refractivity contribution in [3.8, 4) is 10.4 Å². The molecule has 2 aromatic heterocycles. The van der Waals surface area contributed by atoms with Crippen LogP contribution in [0.15, 0.2) is 71.5 Å². The van der Waals surface area contributed by atoms with E-state index in [1.807, 2.05) is 30.3 Å². The van der Waals surface area contributed by atoms with Crippen LogP contribution in [0.3, 0.4) is 0 Å². The second kappa shape index (κ2) is 8.72. The van der Waals surface area contributed by atoms with Crippen molar-refractivity contribution in [1.82, 2.24) is 9.97 Å². The van der Waals surface area contributed by atoms with Gasteiger partial charge in [0.25, 0.3) is 5.56 Å². The molecule has 4 rings (SSSR count). The van der Waals surface area contributed by atoms with E-state index in [-0.39, 0.29) is 5.56 Å². The number of quaternary nitrogens is 1. The molecule has 0 bridgehead atoms. The zero-order chi connectivity index (χ0) is 20.2. The molecule has 0 saturated carbocycles. The molecule has 2 aromatic carbocycles. The Morgan fingerprint density at radius 2 is 1.72 bits per heavy atom. The lowest BCUT2D eigenvalue weighted by Gasteiger charge is -2.17. The summed E-state index contributed by atoms with van der Waals surface area (Å²) >= 11 is 1.57. The van der Waals surface area contributed by atoms with Gasteiger partial charge in [0, 0.05) is 16.9 Å². The van der Waals surface area contributed by atoms with Crippen LogP contribution in [0, 0.1) is 5.92 Å². The summed E-state index contributed by atoms with van der Waals surface area (Å²) in [6, 6.07) is 23.0. The molecule has 1 atom stereocenters. The first-order chi connectivity index (χ1) is 14.1. The molecule has 29 heavy (non-hydrogen) atoms. The zero-order valence-corrected chi connectivity index (χ0v) is 17.6. The van der Waals surface area contributed by atoms with Gasteiger partial charge >= 0.3 is 0 Å². The number of benzene rings is 2. The van der Waals surface area contributed by atoms with E-state index in [1.54, 1.807) is 11.3 Å². The summed E-state index contributed by atoms with van der Waals surface area (Å²) < 4.78 is 0. The second-order valence-corrected chi connectivity index (χ2v) is 8.83. The topological polar surface area (TPSA) is 62.4 Å². The molecule has 4 nitrogen and oxygen atoms in total. The van der Waals surface area contributed by atoms with Gasteiger partial charge in [-0.05, 0) is 17.5 Å². The first-order valence-electron chi connectivity index (χ1n) is 10.1. The normalized spacial score (nSPS) is 12.5. The van der Waals surface area contributed by atoms with Gasteiger partial charge in [-0.15, -0.1) is 11.3 Å². The number of thiophene rings is 1. The number of nitrogens with one attached hydrogen (secondary N) is 1. The number of aromatic amines is 1. The third-order valence-electron chi connectivity index (χ3n) is 5.06. The Kier molecular flexibility index (Phi) is 5.88. The first kappa shape index (κ1) is 19.6. The number of fused-ring (bicyclic) bond motifs is 1. The van der Waals surface area contributed by atoms with Gasteiger partial charge in [0.05, 0.1) is 5.39 Å². The molecule has 3 N–H and O–H groups in total. The summed E-state index contributed by atoms with van der Waals surface area (Å²) in [4.78, 5) is 22.2. The van der Waals surface area contributed by atoms with Crippen molar-refractivity contribution in [3.63, 3.8) is 0 Å². The van der Waals surface area contributed by atoms with Gasteiger partial charge in [0.1, 0.15) is 17.4 Å². The fourth-order valence-electron chi connectivity index (χ4n) is 3.65. The number of hydrogen-bond donors (Lipinski definition) is 2. The number of nitrogens with two attached hydrogens (primary N) is 1. The average Bonchev–Trinajstić information content (AvgIpc) is 3.17. The highest BCUT2D eigenvalue weighted by molar-refractivity contribution is 7.21. The van der Waals surface area contributed by atoms with Crippen molar-refractivity contribution in [2.45, 2.75) is 32.9 Å². The molecule has 0 unspecified atom stereocenters. The van der Waals surface area contributed by atoms with E-state index in [2.05, 4.69) is 60.5 Å². The molecule has 0 fully saturated rings. The van der Waals surface area contributed by atoms with E-state index in [4.69, 9.17) is 4.98 Å². The maximum Gasteiger partial charge on any atom is 0.259 e. The van der Waals surface area contributed by atoms with Gasteiger partial charge in [-0.3, -0.25) is 4.79 Å². The summed E-state index contributed by atoms with van der Waals surface area (Å²) in [6.45, 7) is 5.13. The summed E-state index contributed by atoms with van der Waals surface area (Å²) in [6.07, 6.45) is 1.08. The maximum absolute atomic E-state index is 12.6. The van der Waals surface area contributed by atoms with Crippen LogP contribution in [0.4, 0.5) is 0 Å². The van der Waals surface area contributed by atoms with Crippen molar-refractivity contribution in [3.05, 3.63) is 88.5 Å². The first-order valence-corrected chi connectivity index (χ1v) is 10.9. The smallest absolute Gasteiger partial charge is 0.259 e. The Balaban J connectivity index is 1.58. The van der Waals surface area contributed by atoms with Crippen LogP contribution in [0.1, 0.15) is 37.7 Å². The van der Waals surface area contributed by atoms with Crippen LogP contribution in [0.25, 0.3) is 20.7 Å². The molecule has 0 saturated heterocycles. The standard InChI is InChI=1S/C24H25N3OS/c1-16(2)13-20(17-9-5-3-6-10-17)25-15-22-26-23(28)19-14-21(29-24(19)27-22)18-11-7-4-8-12-18/h3-12,14,16,20,25H,13,15H2,1-2H3,(H,26,27,28)/p+1/t20-/m0/s1. The zero-order valence-electron chi connectivity index (χ0n) is 16.8. The predicted molar refractivity (Wildman–Crippen MR) is 120 cm³/mol. The van der Waals surface area contributed by atoms with Crippen molar-refractivity contribution in [2.75, 3.05) is 0 Å². The Morgan fingerprint density at radius 3 is 2.41 bits per heavy atom. The molecule has 4 aromatic rings. The minimum atomic E-state index is -0.0584. The molecule has 5 heteroatoms. The Labute approximate surface area is 174 Å². The molecule has 0 radical (unpaired) electrons. The van der Waals surface area contributed by atoms with E-state index in [0.717, 1.165) is 27.5 Å². The van der Waals surface area contributed by atoms with Gasteiger partial charge in [-0.1, -0.05) is 74.5 Å². The minimum Gasteiger partial charge on any atom is -0.334 e. The monoisotopic (exact) mass is 404 g/mol. The van der Waals surface area contributed by atoms with E-state index < -0.39 is 0 Å². The van der Waals surface area contributed by atoms with E-state index >= 15 is 0 Å². The van der Waals surface area contributed by atoms with Crippen LogP contribution < -0.4 is 10.9 Å². The van der Waals surface area contributed by atoms with Crippen molar-refractivity contribution >= 4 is 21.6 Å². The molecule has 2 heterocycles. The van der Waals surface area contributed by atoms with Crippen LogP contribution in [0.5, 0.6) is 0 Å². The molecule has 0 spiro atoms. The van der Waals surface area contributed by atoms with Crippen molar-refractivity contribution in [2.24, 2.45) is 5.92 Å². The number of rotatable bonds is 7. The largest absolute Gasteiger partial charge is 0.334 e. The number of H-pyrrole nitrogens is 1. The van der Waals surface area contributed by atoms with Crippen molar-refractivity contribution < 1.29 is 5.32 Å². The Hall–Kier alpha value is -2.76. The maximum atomic E-state index is 12.6. The van der Waals surface area contributed by atoms with Crippen LogP contribution >= 0.6 is 11.3 Å². The highest BCUT2D eigenvalue weighted by atomic mass is 32.1. The summed E-state index contributed by atoms with van der Waals surface area (Å²) in [7, 11) is 0. The highest BCUT2D eigenvalue weighted by Crippen LogP contribution is 2.30. The lowest BCUT2D eigenvalue weighted by atomic mass is 9.97. The fraction of sp³-hybridized carbons (Fsp3) is 0.250. The number of hydrogen-bond acceptors (Lipinski definition) is 3. The SMILES string of the molecule is CC(C)C[C@H]([NH2+]Cc1nc2sc(-c3ccccc3)cc2c(=O)[nH]1)c1ccccc1. The minimum absolute atomic E-state index is 0.0584. The van der Waals surface area contributed by atoms with Crippen molar-refractivity contribution in [1.29, 1.82) is 0 Å². The molecule has 0 amide bonds. The van der Waals surface area contributed by atoms with Gasteiger partial charge in [-0.25, -0.2) is 4.98 Å². The number of nitrogens with zero attached hydrogens (tertiary/aromatic N) is 1. The van der Waals surface area contributed by atoms with E-state index in [0.29, 0.717) is 23.9 Å². The molecule has 0 aliphatic rings. The third kappa shape index (κ3) is 4.63. The quantitative estimate of drug-likeness (QED) is 0.476.